The van der Waals surface area contributed by atoms with Gasteiger partial charge in [-0.1, -0.05) is 0 Å². The molecule has 0 radical (unpaired) electrons. The van der Waals surface area contributed by atoms with E-state index < -0.39 is 0 Å². The van der Waals surface area contributed by atoms with Crippen LogP contribution in [0.2, 0.25) is 0 Å². The molecule has 1 aromatic heterocycles. The van der Waals surface area contributed by atoms with E-state index in [0.717, 1.165) is 26.3 Å². The molecule has 0 aliphatic carbocycles. The molecule has 0 aliphatic heterocycles. The van der Waals surface area contributed by atoms with Gasteiger partial charge in [-0.2, -0.15) is 0 Å². The molecular weight excluding hydrogens is 212 g/mol. The zero-order chi connectivity index (χ0) is 12.8. The highest BCUT2D eigenvalue weighted by atomic mass is 16.5. The van der Waals surface area contributed by atoms with Gasteiger partial charge in [-0.05, 0) is 46.2 Å². The standard InChI is InChI=1S/C14H26N2O/c1-6-16-12(4)8-14(13(16)5)9-15-11(3)10-17-7-2/h8,11,15H,6-7,9-10H2,1-5H3. The van der Waals surface area contributed by atoms with E-state index in [0.29, 0.717) is 6.04 Å². The summed E-state index contributed by atoms with van der Waals surface area (Å²) in [5, 5.41) is 3.50. The highest BCUT2D eigenvalue weighted by Gasteiger charge is 2.08. The van der Waals surface area contributed by atoms with E-state index in [2.05, 4.69) is 43.6 Å². The predicted molar refractivity (Wildman–Crippen MR) is 72.4 cm³/mol. The van der Waals surface area contributed by atoms with Crippen molar-refractivity contribution in [3.8, 4) is 0 Å². The maximum absolute atomic E-state index is 5.40. The van der Waals surface area contributed by atoms with Gasteiger partial charge in [0, 0.05) is 37.1 Å². The van der Waals surface area contributed by atoms with E-state index in [1.807, 2.05) is 6.92 Å². The average Bonchev–Trinajstić information content (AvgIpc) is 2.58. The van der Waals surface area contributed by atoms with Crippen LogP contribution in [0.5, 0.6) is 0 Å². The zero-order valence-corrected chi connectivity index (χ0v) is 11.8. The summed E-state index contributed by atoms with van der Waals surface area (Å²) in [6, 6.07) is 2.68. The Labute approximate surface area is 105 Å². The molecule has 3 nitrogen and oxygen atoms in total. The number of rotatable bonds is 7. The highest BCUT2D eigenvalue weighted by molar-refractivity contribution is 5.26. The summed E-state index contributed by atoms with van der Waals surface area (Å²) in [5.74, 6) is 0. The molecule has 17 heavy (non-hydrogen) atoms. The second-order valence-electron chi connectivity index (χ2n) is 4.58. The minimum atomic E-state index is 0.402. The Morgan fingerprint density at radius 1 is 1.35 bits per heavy atom. The van der Waals surface area contributed by atoms with Crippen molar-refractivity contribution in [2.45, 2.75) is 53.8 Å². The van der Waals surface area contributed by atoms with Gasteiger partial charge < -0.3 is 14.6 Å². The number of aryl methyl sites for hydroxylation is 1. The molecule has 1 unspecified atom stereocenters. The topological polar surface area (TPSA) is 26.2 Å². The smallest absolute Gasteiger partial charge is 0.0616 e. The molecule has 0 bridgehead atoms. The first-order valence-corrected chi connectivity index (χ1v) is 6.56. The van der Waals surface area contributed by atoms with Crippen LogP contribution in [0.4, 0.5) is 0 Å². The van der Waals surface area contributed by atoms with E-state index in [1.165, 1.54) is 17.0 Å². The molecule has 1 rings (SSSR count). The molecule has 0 amide bonds. The van der Waals surface area contributed by atoms with Crippen molar-refractivity contribution in [3.05, 3.63) is 23.0 Å². The largest absolute Gasteiger partial charge is 0.380 e. The van der Waals surface area contributed by atoms with Crippen LogP contribution in [0, 0.1) is 13.8 Å². The predicted octanol–water partition coefficient (Wildman–Crippen LogP) is 2.64. The van der Waals surface area contributed by atoms with Gasteiger partial charge in [0.15, 0.2) is 0 Å². The molecule has 1 aromatic rings. The summed E-state index contributed by atoms with van der Waals surface area (Å²) in [6.45, 7) is 14.3. The average molecular weight is 238 g/mol. The monoisotopic (exact) mass is 238 g/mol. The lowest BCUT2D eigenvalue weighted by molar-refractivity contribution is 0.127. The molecule has 0 fully saturated rings. The molecule has 1 atom stereocenters. The van der Waals surface area contributed by atoms with Crippen LogP contribution in [-0.4, -0.2) is 23.8 Å². The number of nitrogens with one attached hydrogen (secondary N) is 1. The highest BCUT2D eigenvalue weighted by Crippen LogP contribution is 2.14. The molecular formula is C14H26N2O. The van der Waals surface area contributed by atoms with E-state index in [-0.39, 0.29) is 0 Å². The second kappa shape index (κ2) is 6.82. The van der Waals surface area contributed by atoms with Gasteiger partial charge in [0.25, 0.3) is 0 Å². The number of hydrogen-bond donors (Lipinski definition) is 1. The molecule has 1 heterocycles. The van der Waals surface area contributed by atoms with Crippen molar-refractivity contribution in [2.75, 3.05) is 13.2 Å². The normalized spacial score (nSPS) is 13.0. The first-order chi connectivity index (χ1) is 8.10. The Balaban J connectivity index is 2.52. The Kier molecular flexibility index (Phi) is 5.72. The van der Waals surface area contributed by atoms with Gasteiger partial charge in [0.2, 0.25) is 0 Å². The zero-order valence-electron chi connectivity index (χ0n) is 11.8. The fourth-order valence-electron chi connectivity index (χ4n) is 2.18. The third kappa shape index (κ3) is 3.86. The maximum Gasteiger partial charge on any atom is 0.0616 e. The lowest BCUT2D eigenvalue weighted by atomic mass is 10.2. The number of ether oxygens (including phenoxy) is 1. The number of aromatic nitrogens is 1. The van der Waals surface area contributed by atoms with Gasteiger partial charge in [-0.3, -0.25) is 0 Å². The first-order valence-electron chi connectivity index (χ1n) is 6.56. The summed E-state index contributed by atoms with van der Waals surface area (Å²) in [7, 11) is 0. The molecule has 0 spiro atoms. The van der Waals surface area contributed by atoms with Crippen LogP contribution >= 0.6 is 0 Å². The van der Waals surface area contributed by atoms with Gasteiger partial charge in [-0.25, -0.2) is 0 Å². The van der Waals surface area contributed by atoms with Gasteiger partial charge in [0.05, 0.1) is 6.61 Å². The molecule has 1 N–H and O–H groups in total. The van der Waals surface area contributed by atoms with Crippen LogP contribution < -0.4 is 5.32 Å². The van der Waals surface area contributed by atoms with Crippen molar-refractivity contribution < 1.29 is 4.74 Å². The van der Waals surface area contributed by atoms with Crippen molar-refractivity contribution in [2.24, 2.45) is 0 Å². The van der Waals surface area contributed by atoms with Crippen LogP contribution in [0.25, 0.3) is 0 Å². The Morgan fingerprint density at radius 2 is 2.06 bits per heavy atom. The minimum absolute atomic E-state index is 0.402. The lowest BCUT2D eigenvalue weighted by Gasteiger charge is -2.13. The van der Waals surface area contributed by atoms with Crippen molar-refractivity contribution in [1.82, 2.24) is 9.88 Å². The summed E-state index contributed by atoms with van der Waals surface area (Å²) >= 11 is 0. The molecule has 0 aromatic carbocycles. The first kappa shape index (κ1) is 14.3. The SMILES string of the molecule is CCOCC(C)NCc1cc(C)n(CC)c1C. The fourth-order valence-corrected chi connectivity index (χ4v) is 2.18. The quantitative estimate of drug-likeness (QED) is 0.790. The maximum atomic E-state index is 5.40. The summed E-state index contributed by atoms with van der Waals surface area (Å²) in [4.78, 5) is 0. The number of nitrogens with zero attached hydrogens (tertiary/aromatic N) is 1. The van der Waals surface area contributed by atoms with Gasteiger partial charge >= 0.3 is 0 Å². The van der Waals surface area contributed by atoms with Crippen LogP contribution in [0.15, 0.2) is 6.07 Å². The fraction of sp³-hybridized carbons (Fsp3) is 0.714. The van der Waals surface area contributed by atoms with E-state index in [4.69, 9.17) is 4.74 Å². The Hall–Kier alpha value is -0.800. The van der Waals surface area contributed by atoms with Gasteiger partial charge in [0.1, 0.15) is 0 Å². The Morgan fingerprint density at radius 3 is 2.59 bits per heavy atom. The van der Waals surface area contributed by atoms with E-state index in [1.54, 1.807) is 0 Å². The molecule has 3 heteroatoms. The summed E-state index contributed by atoms with van der Waals surface area (Å²) < 4.78 is 7.75. The lowest BCUT2D eigenvalue weighted by Crippen LogP contribution is -2.30. The van der Waals surface area contributed by atoms with E-state index >= 15 is 0 Å². The number of hydrogen-bond acceptors (Lipinski definition) is 2. The van der Waals surface area contributed by atoms with Crippen LogP contribution in [0.3, 0.4) is 0 Å². The van der Waals surface area contributed by atoms with Crippen molar-refractivity contribution >= 4 is 0 Å². The molecule has 0 aliphatic rings. The summed E-state index contributed by atoms with van der Waals surface area (Å²) in [5.41, 5.74) is 4.12. The Bertz CT molecular complexity index is 344. The van der Waals surface area contributed by atoms with E-state index in [9.17, 15) is 0 Å². The molecule has 0 saturated heterocycles. The van der Waals surface area contributed by atoms with Crippen molar-refractivity contribution in [3.63, 3.8) is 0 Å². The minimum Gasteiger partial charge on any atom is -0.380 e. The third-order valence-electron chi connectivity index (χ3n) is 3.21. The second-order valence-corrected chi connectivity index (χ2v) is 4.58. The van der Waals surface area contributed by atoms with Crippen molar-refractivity contribution in [1.29, 1.82) is 0 Å². The van der Waals surface area contributed by atoms with Crippen LogP contribution in [0.1, 0.15) is 37.7 Å². The van der Waals surface area contributed by atoms with Crippen LogP contribution in [-0.2, 0) is 17.8 Å². The summed E-state index contributed by atoms with van der Waals surface area (Å²) in [6.07, 6.45) is 0. The third-order valence-corrected chi connectivity index (χ3v) is 3.21. The van der Waals surface area contributed by atoms with Gasteiger partial charge in [-0.15, -0.1) is 0 Å². The molecule has 98 valence electrons. The molecule has 0 saturated carbocycles.